The number of H-pyrrole nitrogens is 1. The summed E-state index contributed by atoms with van der Waals surface area (Å²) in [4.78, 5) is 24.3. The fourth-order valence-electron chi connectivity index (χ4n) is 2.75. The van der Waals surface area contributed by atoms with E-state index in [2.05, 4.69) is 26.3 Å². The first-order chi connectivity index (χ1) is 10.8. The zero-order valence-electron chi connectivity index (χ0n) is 12.1. The zero-order chi connectivity index (χ0) is 14.9. The maximum absolute atomic E-state index is 11.9. The Bertz CT molecular complexity index is 803. The molecule has 1 aliphatic rings. The summed E-state index contributed by atoms with van der Waals surface area (Å²) < 4.78 is 1.21. The van der Waals surface area contributed by atoms with E-state index < -0.39 is 0 Å². The Morgan fingerprint density at radius 2 is 2.09 bits per heavy atom. The number of para-hydroxylation sites is 1. The zero-order valence-corrected chi connectivity index (χ0v) is 12.9. The first-order valence-corrected chi connectivity index (χ1v) is 8.31. The van der Waals surface area contributed by atoms with Gasteiger partial charge in [-0.1, -0.05) is 12.1 Å². The fourth-order valence-corrected chi connectivity index (χ4v) is 3.72. The molecule has 2 N–H and O–H groups in total. The van der Waals surface area contributed by atoms with Crippen molar-refractivity contribution in [3.63, 3.8) is 0 Å². The Morgan fingerprint density at radius 1 is 1.18 bits per heavy atom. The first kappa shape index (κ1) is 13.5. The van der Waals surface area contributed by atoms with Crippen LogP contribution in [0.2, 0.25) is 0 Å². The van der Waals surface area contributed by atoms with Crippen LogP contribution in [0.25, 0.3) is 10.2 Å². The highest BCUT2D eigenvalue weighted by molar-refractivity contribution is 7.18. The molecule has 0 atom stereocenters. The number of carbonyl (C=O) groups is 1. The molecule has 0 fully saturated rings. The van der Waals surface area contributed by atoms with Gasteiger partial charge in [-0.25, -0.2) is 9.97 Å². The number of nitrogens with zero attached hydrogens (tertiary/aromatic N) is 2. The number of fused-ring (bicyclic) bond motifs is 2. The molecular formula is C16H16N4OS. The van der Waals surface area contributed by atoms with E-state index in [1.54, 1.807) is 11.3 Å². The molecule has 4 rings (SSSR count). The monoisotopic (exact) mass is 312 g/mol. The summed E-state index contributed by atoms with van der Waals surface area (Å²) in [5.74, 6) is 0.816. The summed E-state index contributed by atoms with van der Waals surface area (Å²) in [6, 6.07) is 8.17. The number of amides is 1. The number of carbonyl (C=O) groups excluding carboxylic acids is 1. The highest BCUT2D eigenvalue weighted by Crippen LogP contribution is 2.22. The van der Waals surface area contributed by atoms with Gasteiger partial charge >= 0.3 is 0 Å². The second-order valence-corrected chi connectivity index (χ2v) is 6.56. The highest BCUT2D eigenvalue weighted by atomic mass is 32.1. The standard InChI is InChI=1S/C16H16N4OS/c21-16-15-11(5-3-9-17-16)18-13(20-15)7-8-14-19-10-4-1-2-6-12(10)22-14/h1-2,4,6H,3,5,7-9H2,(H,17,21)(H,18,20). The molecule has 0 radical (unpaired) electrons. The third kappa shape index (κ3) is 2.50. The van der Waals surface area contributed by atoms with Crippen LogP contribution in [0.4, 0.5) is 0 Å². The van der Waals surface area contributed by atoms with E-state index >= 15 is 0 Å². The lowest BCUT2D eigenvalue weighted by Crippen LogP contribution is -2.23. The van der Waals surface area contributed by atoms with Gasteiger partial charge in [0, 0.05) is 25.1 Å². The number of aromatic nitrogens is 3. The predicted molar refractivity (Wildman–Crippen MR) is 86.3 cm³/mol. The molecule has 1 aromatic carbocycles. The average molecular weight is 312 g/mol. The summed E-state index contributed by atoms with van der Waals surface area (Å²) in [6.07, 6.45) is 3.45. The molecule has 1 aliphatic heterocycles. The van der Waals surface area contributed by atoms with Crippen molar-refractivity contribution in [1.29, 1.82) is 0 Å². The van der Waals surface area contributed by atoms with Gasteiger partial charge in [0.25, 0.3) is 5.91 Å². The maximum atomic E-state index is 11.9. The molecular weight excluding hydrogens is 296 g/mol. The quantitative estimate of drug-likeness (QED) is 0.780. The molecule has 2 aromatic heterocycles. The Balaban J connectivity index is 1.52. The van der Waals surface area contributed by atoms with Gasteiger partial charge in [-0.05, 0) is 25.0 Å². The summed E-state index contributed by atoms with van der Waals surface area (Å²) in [5.41, 5.74) is 2.59. The van der Waals surface area contributed by atoms with Gasteiger partial charge in [0.1, 0.15) is 11.5 Å². The minimum atomic E-state index is -0.0602. The number of hydrogen-bond acceptors (Lipinski definition) is 4. The van der Waals surface area contributed by atoms with Crippen molar-refractivity contribution >= 4 is 27.5 Å². The molecule has 6 heteroatoms. The van der Waals surface area contributed by atoms with Crippen molar-refractivity contribution in [2.75, 3.05) is 6.54 Å². The van der Waals surface area contributed by atoms with E-state index in [0.717, 1.165) is 54.3 Å². The fraction of sp³-hybridized carbons (Fsp3) is 0.312. The number of hydrogen-bond donors (Lipinski definition) is 2. The summed E-state index contributed by atoms with van der Waals surface area (Å²) in [6.45, 7) is 0.726. The molecule has 5 nitrogen and oxygen atoms in total. The van der Waals surface area contributed by atoms with Crippen LogP contribution in [-0.2, 0) is 19.3 Å². The minimum absolute atomic E-state index is 0.0602. The number of thiazole rings is 1. The number of rotatable bonds is 3. The van der Waals surface area contributed by atoms with Crippen LogP contribution in [-0.4, -0.2) is 27.4 Å². The summed E-state index contributed by atoms with van der Waals surface area (Å²) in [5, 5.41) is 3.98. The van der Waals surface area contributed by atoms with Crippen molar-refractivity contribution in [1.82, 2.24) is 20.3 Å². The van der Waals surface area contributed by atoms with E-state index in [1.165, 1.54) is 4.70 Å². The molecule has 0 aliphatic carbocycles. The second-order valence-electron chi connectivity index (χ2n) is 5.45. The molecule has 0 bridgehead atoms. The number of imidazole rings is 1. The molecule has 0 spiro atoms. The van der Waals surface area contributed by atoms with Crippen LogP contribution in [0.1, 0.15) is 33.4 Å². The van der Waals surface area contributed by atoms with Crippen LogP contribution in [0.5, 0.6) is 0 Å². The van der Waals surface area contributed by atoms with Crippen molar-refractivity contribution < 1.29 is 4.79 Å². The van der Waals surface area contributed by atoms with E-state index in [0.29, 0.717) is 5.69 Å². The van der Waals surface area contributed by atoms with Gasteiger partial charge in [-0.15, -0.1) is 11.3 Å². The van der Waals surface area contributed by atoms with Gasteiger partial charge in [-0.3, -0.25) is 4.79 Å². The summed E-state index contributed by atoms with van der Waals surface area (Å²) in [7, 11) is 0. The van der Waals surface area contributed by atoms with Gasteiger partial charge in [0.15, 0.2) is 0 Å². The Hall–Kier alpha value is -2.21. The maximum Gasteiger partial charge on any atom is 0.271 e. The topological polar surface area (TPSA) is 70.7 Å². The van der Waals surface area contributed by atoms with Gasteiger partial charge in [0.05, 0.1) is 15.2 Å². The summed E-state index contributed by atoms with van der Waals surface area (Å²) >= 11 is 1.72. The highest BCUT2D eigenvalue weighted by Gasteiger charge is 2.19. The van der Waals surface area contributed by atoms with Crippen LogP contribution < -0.4 is 5.32 Å². The third-order valence-electron chi connectivity index (χ3n) is 3.85. The lowest BCUT2D eigenvalue weighted by Gasteiger charge is -1.97. The molecule has 22 heavy (non-hydrogen) atoms. The van der Waals surface area contributed by atoms with Crippen molar-refractivity contribution in [3.8, 4) is 0 Å². The predicted octanol–water partition coefficient (Wildman–Crippen LogP) is 2.48. The van der Waals surface area contributed by atoms with Gasteiger partial charge in [-0.2, -0.15) is 0 Å². The first-order valence-electron chi connectivity index (χ1n) is 7.50. The molecule has 1 amide bonds. The molecule has 112 valence electrons. The number of benzene rings is 1. The van der Waals surface area contributed by atoms with Crippen molar-refractivity contribution in [2.24, 2.45) is 0 Å². The van der Waals surface area contributed by atoms with Crippen molar-refractivity contribution in [3.05, 3.63) is 46.5 Å². The van der Waals surface area contributed by atoms with Crippen LogP contribution in [0.15, 0.2) is 24.3 Å². The van der Waals surface area contributed by atoms with Gasteiger partial charge in [0.2, 0.25) is 0 Å². The van der Waals surface area contributed by atoms with Crippen LogP contribution in [0.3, 0.4) is 0 Å². The van der Waals surface area contributed by atoms with Gasteiger partial charge < -0.3 is 10.3 Å². The van der Waals surface area contributed by atoms with E-state index in [9.17, 15) is 4.79 Å². The normalized spacial score (nSPS) is 14.6. The molecule has 3 aromatic rings. The molecule has 0 saturated carbocycles. The smallest absolute Gasteiger partial charge is 0.271 e. The van der Waals surface area contributed by atoms with Crippen molar-refractivity contribution in [2.45, 2.75) is 25.7 Å². The van der Waals surface area contributed by atoms with E-state index in [4.69, 9.17) is 0 Å². The number of aryl methyl sites for hydroxylation is 3. The van der Waals surface area contributed by atoms with Crippen LogP contribution >= 0.6 is 11.3 Å². The number of aromatic amines is 1. The Kier molecular flexibility index (Phi) is 3.38. The molecule has 0 unspecified atom stereocenters. The lowest BCUT2D eigenvalue weighted by molar-refractivity contribution is 0.0951. The number of nitrogens with one attached hydrogen (secondary N) is 2. The molecule has 0 saturated heterocycles. The lowest BCUT2D eigenvalue weighted by atomic mass is 10.2. The molecule has 3 heterocycles. The SMILES string of the molecule is O=C1NCCCc2[nH]c(CCc3nc4ccccc4s3)nc21. The third-order valence-corrected chi connectivity index (χ3v) is 4.94. The largest absolute Gasteiger partial charge is 0.351 e. The Morgan fingerprint density at radius 3 is 3.00 bits per heavy atom. The average Bonchev–Trinajstić information content (AvgIpc) is 3.09. The van der Waals surface area contributed by atoms with E-state index in [1.807, 2.05) is 18.2 Å². The second kappa shape index (κ2) is 5.53. The van der Waals surface area contributed by atoms with E-state index in [-0.39, 0.29) is 5.91 Å². The Labute approximate surface area is 131 Å². The minimum Gasteiger partial charge on any atom is -0.351 e. The van der Waals surface area contributed by atoms with Crippen LogP contribution in [0, 0.1) is 0 Å².